The van der Waals surface area contributed by atoms with E-state index in [0.717, 1.165) is 11.1 Å². The molecule has 1 fully saturated rings. The predicted octanol–water partition coefficient (Wildman–Crippen LogP) is 2.52. The van der Waals surface area contributed by atoms with Crippen molar-refractivity contribution < 1.29 is 22.7 Å². The predicted molar refractivity (Wildman–Crippen MR) is 114 cm³/mol. The molecular weight excluding hydrogens is 404 g/mol. The summed E-state index contributed by atoms with van der Waals surface area (Å²) in [4.78, 5) is 13.0. The summed E-state index contributed by atoms with van der Waals surface area (Å²) in [5.74, 6) is 1.02. The Morgan fingerprint density at radius 1 is 1.10 bits per heavy atom. The molecule has 1 aliphatic heterocycles. The van der Waals surface area contributed by atoms with Gasteiger partial charge < -0.3 is 14.8 Å². The second kappa shape index (κ2) is 9.49. The molecule has 1 heterocycles. The van der Waals surface area contributed by atoms with Gasteiger partial charge in [-0.25, -0.2) is 8.42 Å². The van der Waals surface area contributed by atoms with Gasteiger partial charge in [0.15, 0.2) is 11.5 Å². The highest BCUT2D eigenvalue weighted by Gasteiger charge is 2.39. The summed E-state index contributed by atoms with van der Waals surface area (Å²) in [5, 5.41) is 2.88. The number of carbonyl (C=O) groups is 1. The Kier molecular flexibility index (Phi) is 6.99. The third-order valence-corrected chi connectivity index (χ3v) is 7.22. The number of hydrogen-bond acceptors (Lipinski definition) is 5. The third-order valence-electron chi connectivity index (χ3n) is 5.29. The van der Waals surface area contributed by atoms with Crippen molar-refractivity contribution in [3.05, 3.63) is 53.6 Å². The number of nitrogens with one attached hydrogen (secondary N) is 1. The molecule has 0 saturated carbocycles. The van der Waals surface area contributed by atoms with Crippen LogP contribution < -0.4 is 14.8 Å². The highest BCUT2D eigenvalue weighted by atomic mass is 32.2. The number of rotatable bonds is 8. The summed E-state index contributed by atoms with van der Waals surface area (Å²) in [6.45, 7) is 2.66. The Labute approximate surface area is 178 Å². The van der Waals surface area contributed by atoms with Gasteiger partial charge in [-0.2, -0.15) is 4.31 Å². The van der Waals surface area contributed by atoms with Crippen LogP contribution in [-0.4, -0.2) is 52.0 Å². The van der Waals surface area contributed by atoms with E-state index in [1.54, 1.807) is 38.5 Å². The van der Waals surface area contributed by atoms with Crippen LogP contribution in [-0.2, 0) is 21.2 Å². The second-order valence-corrected chi connectivity index (χ2v) is 9.21. The highest BCUT2D eigenvalue weighted by Crippen LogP contribution is 2.28. The fourth-order valence-corrected chi connectivity index (χ4v) is 5.28. The van der Waals surface area contributed by atoms with E-state index in [2.05, 4.69) is 5.32 Å². The van der Waals surface area contributed by atoms with Gasteiger partial charge in [0.25, 0.3) is 0 Å². The van der Waals surface area contributed by atoms with Crippen LogP contribution in [0.15, 0.2) is 47.4 Å². The van der Waals surface area contributed by atoms with Gasteiger partial charge in [-0.3, -0.25) is 4.79 Å². The monoisotopic (exact) mass is 432 g/mol. The van der Waals surface area contributed by atoms with E-state index in [0.29, 0.717) is 43.9 Å². The zero-order valence-corrected chi connectivity index (χ0v) is 18.4. The molecule has 0 aromatic heterocycles. The van der Waals surface area contributed by atoms with Crippen molar-refractivity contribution in [1.29, 1.82) is 0 Å². The van der Waals surface area contributed by atoms with E-state index in [1.807, 2.05) is 25.1 Å². The molecule has 0 spiro atoms. The van der Waals surface area contributed by atoms with Gasteiger partial charge in [0.05, 0.1) is 19.1 Å². The van der Waals surface area contributed by atoms with Crippen molar-refractivity contribution in [1.82, 2.24) is 9.62 Å². The average Bonchev–Trinajstić information content (AvgIpc) is 3.25. The van der Waals surface area contributed by atoms with Crippen LogP contribution in [0.4, 0.5) is 0 Å². The van der Waals surface area contributed by atoms with Crippen LogP contribution in [0.5, 0.6) is 11.5 Å². The van der Waals surface area contributed by atoms with E-state index < -0.39 is 16.1 Å². The molecule has 1 N–H and O–H groups in total. The minimum atomic E-state index is -3.70. The summed E-state index contributed by atoms with van der Waals surface area (Å²) >= 11 is 0. The lowest BCUT2D eigenvalue weighted by Gasteiger charge is -2.23. The maximum Gasteiger partial charge on any atom is 0.243 e. The molecule has 2 aromatic rings. The average molecular weight is 433 g/mol. The number of aryl methyl sites for hydroxylation is 1. The van der Waals surface area contributed by atoms with Crippen LogP contribution >= 0.6 is 0 Å². The van der Waals surface area contributed by atoms with Crippen molar-refractivity contribution in [2.45, 2.75) is 37.1 Å². The Morgan fingerprint density at radius 3 is 2.47 bits per heavy atom. The molecule has 0 bridgehead atoms. The number of amides is 1. The fraction of sp³-hybridized carbons (Fsp3) is 0.409. The number of benzene rings is 2. The first kappa shape index (κ1) is 22.1. The Morgan fingerprint density at radius 2 is 1.80 bits per heavy atom. The summed E-state index contributed by atoms with van der Waals surface area (Å²) in [7, 11) is -0.546. The number of methoxy groups -OCH3 is 2. The van der Waals surface area contributed by atoms with Crippen LogP contribution in [0.2, 0.25) is 0 Å². The molecule has 1 atom stereocenters. The standard InChI is InChI=1S/C22H28N2O5S/c1-16-6-9-18(10-7-16)30(26,27)24-14-4-5-19(24)22(25)23-13-12-17-8-11-20(28-2)21(15-17)29-3/h6-11,15,19H,4-5,12-14H2,1-3H3,(H,23,25). The van der Waals surface area contributed by atoms with Gasteiger partial charge in [0.2, 0.25) is 15.9 Å². The first-order valence-electron chi connectivity index (χ1n) is 9.94. The quantitative estimate of drug-likeness (QED) is 0.693. The van der Waals surface area contributed by atoms with Crippen LogP contribution in [0.1, 0.15) is 24.0 Å². The topological polar surface area (TPSA) is 84.9 Å². The van der Waals surface area contributed by atoms with Gasteiger partial charge in [0.1, 0.15) is 6.04 Å². The minimum absolute atomic E-state index is 0.220. The molecule has 2 aromatic carbocycles. The molecule has 3 rings (SSSR count). The van der Waals surface area contributed by atoms with Crippen LogP contribution in [0.25, 0.3) is 0 Å². The van der Waals surface area contributed by atoms with Crippen molar-refractivity contribution in [3.63, 3.8) is 0 Å². The smallest absolute Gasteiger partial charge is 0.243 e. The van der Waals surface area contributed by atoms with E-state index in [4.69, 9.17) is 9.47 Å². The maximum absolute atomic E-state index is 13.0. The second-order valence-electron chi connectivity index (χ2n) is 7.32. The van der Waals surface area contributed by atoms with Gasteiger partial charge >= 0.3 is 0 Å². The molecule has 1 aliphatic rings. The van der Waals surface area contributed by atoms with Crippen molar-refractivity contribution >= 4 is 15.9 Å². The molecule has 30 heavy (non-hydrogen) atoms. The zero-order valence-electron chi connectivity index (χ0n) is 17.6. The van der Waals surface area contributed by atoms with Crippen LogP contribution in [0, 0.1) is 6.92 Å². The van der Waals surface area contributed by atoms with Crippen molar-refractivity contribution in [2.75, 3.05) is 27.3 Å². The van der Waals surface area contributed by atoms with Gasteiger partial charge in [-0.05, 0) is 56.0 Å². The third kappa shape index (κ3) is 4.76. The normalized spacial score (nSPS) is 17.0. The van der Waals surface area contributed by atoms with E-state index in [9.17, 15) is 13.2 Å². The largest absolute Gasteiger partial charge is 0.493 e. The number of nitrogens with zero attached hydrogens (tertiary/aromatic N) is 1. The molecule has 1 amide bonds. The maximum atomic E-state index is 13.0. The Hall–Kier alpha value is -2.58. The molecule has 1 saturated heterocycles. The van der Waals surface area contributed by atoms with Gasteiger partial charge in [-0.1, -0.05) is 23.8 Å². The molecule has 0 radical (unpaired) electrons. The number of carbonyl (C=O) groups excluding carboxylic acids is 1. The van der Waals surface area contributed by atoms with Crippen molar-refractivity contribution in [3.8, 4) is 11.5 Å². The van der Waals surface area contributed by atoms with E-state index >= 15 is 0 Å². The lowest BCUT2D eigenvalue weighted by Crippen LogP contribution is -2.46. The molecular formula is C22H28N2O5S. The fourth-order valence-electron chi connectivity index (χ4n) is 3.62. The zero-order chi connectivity index (χ0) is 21.7. The van der Waals surface area contributed by atoms with Gasteiger partial charge in [-0.15, -0.1) is 0 Å². The minimum Gasteiger partial charge on any atom is -0.493 e. The molecule has 1 unspecified atom stereocenters. The SMILES string of the molecule is COc1ccc(CCNC(=O)C2CCCN2S(=O)(=O)c2ccc(C)cc2)cc1OC. The van der Waals surface area contributed by atoms with E-state index in [-0.39, 0.29) is 10.8 Å². The van der Waals surface area contributed by atoms with Gasteiger partial charge in [0, 0.05) is 13.1 Å². The Balaban J connectivity index is 1.63. The molecule has 0 aliphatic carbocycles. The summed E-state index contributed by atoms with van der Waals surface area (Å²) in [5.41, 5.74) is 1.98. The van der Waals surface area contributed by atoms with Crippen LogP contribution in [0.3, 0.4) is 0 Å². The number of ether oxygens (including phenoxy) is 2. The number of sulfonamides is 1. The lowest BCUT2D eigenvalue weighted by atomic mass is 10.1. The molecule has 7 nitrogen and oxygen atoms in total. The number of hydrogen-bond donors (Lipinski definition) is 1. The molecule has 8 heteroatoms. The van der Waals surface area contributed by atoms with E-state index in [1.165, 1.54) is 4.31 Å². The summed E-state index contributed by atoms with van der Waals surface area (Å²) < 4.78 is 37.9. The lowest BCUT2D eigenvalue weighted by molar-refractivity contribution is -0.124. The van der Waals surface area contributed by atoms with Crippen molar-refractivity contribution in [2.24, 2.45) is 0 Å². The first-order valence-corrected chi connectivity index (χ1v) is 11.4. The highest BCUT2D eigenvalue weighted by molar-refractivity contribution is 7.89. The summed E-state index contributed by atoms with van der Waals surface area (Å²) in [6, 6.07) is 11.6. The first-order chi connectivity index (χ1) is 14.4. The summed E-state index contributed by atoms with van der Waals surface area (Å²) in [6.07, 6.45) is 1.79. The molecule has 162 valence electrons. The Bertz CT molecular complexity index is 989.